The molecular formula is C41H48O20. The van der Waals surface area contributed by atoms with Crippen LogP contribution in [0.2, 0.25) is 0 Å². The number of epoxide rings is 1. The number of benzene rings is 2. The highest BCUT2D eigenvalue weighted by molar-refractivity contribution is 5.88. The number of carbonyl (C=O) groups is 2. The van der Waals surface area contributed by atoms with Crippen molar-refractivity contribution in [2.75, 3.05) is 27.4 Å². The van der Waals surface area contributed by atoms with E-state index in [2.05, 4.69) is 0 Å². The number of aliphatic hydroxyl groups excluding tert-OH is 6. The smallest absolute Gasteiger partial charge is 0.331 e. The van der Waals surface area contributed by atoms with Gasteiger partial charge in [-0.3, -0.25) is 0 Å². The van der Waals surface area contributed by atoms with E-state index >= 15 is 0 Å². The summed E-state index contributed by atoms with van der Waals surface area (Å²) in [4.78, 5) is 26.8. The molecule has 0 bridgehead atoms. The minimum atomic E-state index is -1.76. The topological polar surface area (TPSA) is 292 Å². The van der Waals surface area contributed by atoms with Crippen LogP contribution in [0.25, 0.3) is 12.2 Å². The van der Waals surface area contributed by atoms with Crippen LogP contribution in [0.1, 0.15) is 18.1 Å². The van der Waals surface area contributed by atoms with E-state index in [1.165, 1.54) is 76.0 Å². The van der Waals surface area contributed by atoms with Gasteiger partial charge in [-0.2, -0.15) is 0 Å². The molecule has 0 spiro atoms. The maximum atomic E-state index is 13.5. The van der Waals surface area contributed by atoms with E-state index in [9.17, 15) is 50.4 Å². The molecule has 20 nitrogen and oxygen atoms in total. The zero-order valence-electron chi connectivity index (χ0n) is 33.0. The van der Waals surface area contributed by atoms with Gasteiger partial charge >= 0.3 is 11.9 Å². The van der Waals surface area contributed by atoms with Gasteiger partial charge in [0.15, 0.2) is 47.8 Å². The van der Waals surface area contributed by atoms with Crippen LogP contribution in [0.5, 0.6) is 23.0 Å². The van der Waals surface area contributed by atoms with Crippen molar-refractivity contribution < 1.29 is 97.8 Å². The molecule has 7 rings (SSSR count). The molecule has 4 aliphatic heterocycles. The molecule has 0 amide bonds. The van der Waals surface area contributed by atoms with Gasteiger partial charge in [-0.1, -0.05) is 12.1 Å². The van der Waals surface area contributed by atoms with Crippen molar-refractivity contribution in [3.05, 3.63) is 72.0 Å². The monoisotopic (exact) mass is 860 g/mol. The summed E-state index contributed by atoms with van der Waals surface area (Å²) in [5, 5.41) is 83.0. The second-order valence-electron chi connectivity index (χ2n) is 15.1. The van der Waals surface area contributed by atoms with Crippen LogP contribution in [-0.4, -0.2) is 166 Å². The summed E-state index contributed by atoms with van der Waals surface area (Å²) >= 11 is 0. The highest BCUT2D eigenvalue weighted by atomic mass is 16.8. The highest BCUT2D eigenvalue weighted by Crippen LogP contribution is 2.61. The maximum Gasteiger partial charge on any atom is 0.331 e. The van der Waals surface area contributed by atoms with Crippen molar-refractivity contribution in [3.63, 3.8) is 0 Å². The zero-order chi connectivity index (χ0) is 43.7. The Kier molecular flexibility index (Phi) is 13.2. The van der Waals surface area contributed by atoms with Gasteiger partial charge in [0, 0.05) is 18.1 Å². The second kappa shape index (κ2) is 18.2. The van der Waals surface area contributed by atoms with Crippen LogP contribution in [0.15, 0.2) is 60.9 Å². The average Bonchev–Trinajstić information content (AvgIpc) is 3.93. The number of carbonyl (C=O) groups excluding carboxylic acids is 2. The first-order valence-corrected chi connectivity index (χ1v) is 19.3. The van der Waals surface area contributed by atoms with Gasteiger partial charge in [0.05, 0.1) is 51.8 Å². The van der Waals surface area contributed by atoms with E-state index in [-0.39, 0.29) is 23.0 Å². The molecule has 16 atom stereocenters. The molecule has 1 aliphatic carbocycles. The summed E-state index contributed by atoms with van der Waals surface area (Å²) in [6.07, 6.45) is -10.8. The van der Waals surface area contributed by atoms with Crippen LogP contribution >= 0.6 is 0 Å². The molecule has 2 aromatic carbocycles. The van der Waals surface area contributed by atoms with Gasteiger partial charge in [-0.25, -0.2) is 9.59 Å². The fraction of sp³-hybridized carbons (Fsp3) is 0.512. The number of aliphatic hydroxyl groups is 6. The van der Waals surface area contributed by atoms with Crippen LogP contribution in [0.3, 0.4) is 0 Å². The Morgan fingerprint density at radius 2 is 1.34 bits per heavy atom. The summed E-state index contributed by atoms with van der Waals surface area (Å²) in [6.45, 7) is 0.222. The van der Waals surface area contributed by atoms with Crippen molar-refractivity contribution >= 4 is 24.1 Å². The van der Waals surface area contributed by atoms with Gasteiger partial charge in [-0.05, 0) is 60.5 Å². The summed E-state index contributed by atoms with van der Waals surface area (Å²) in [5.41, 5.74) is -0.438. The van der Waals surface area contributed by atoms with E-state index in [0.29, 0.717) is 11.1 Å². The SMILES string of the molecule is COc1cc(/C=C/C(=O)O[C@@H]2[C@@H](O)[C@H](C)O[C@@H](O[C@H]3[C@@H]4C=CO[C@@H](O[C@@H]5O[C@H](CO)[C@@H](O)[C@H](O)[C@H]5O)[C@@H]4[C@@]4(CO)O[C@@H]34)[C@@H]2OC(=O)/C=C/c2ccc(O)c(OC)c2)ccc1O. The van der Waals surface area contributed by atoms with Crippen LogP contribution in [0.4, 0.5) is 0 Å². The Hall–Kier alpha value is -4.84. The first-order valence-electron chi connectivity index (χ1n) is 19.3. The van der Waals surface area contributed by atoms with E-state index in [4.69, 9.17) is 47.4 Å². The quantitative estimate of drug-likeness (QED) is 0.0657. The van der Waals surface area contributed by atoms with Crippen molar-refractivity contribution in [3.8, 4) is 23.0 Å². The molecule has 20 heteroatoms. The Balaban J connectivity index is 1.14. The van der Waals surface area contributed by atoms with Gasteiger partial charge in [0.1, 0.15) is 42.2 Å². The molecule has 4 heterocycles. The van der Waals surface area contributed by atoms with Crippen LogP contribution in [0, 0.1) is 11.8 Å². The molecule has 1 saturated carbocycles. The van der Waals surface area contributed by atoms with E-state index in [0.717, 1.165) is 12.2 Å². The van der Waals surface area contributed by atoms with E-state index in [1.807, 2.05) is 0 Å². The zero-order valence-corrected chi connectivity index (χ0v) is 33.0. The number of phenols is 2. The van der Waals surface area contributed by atoms with Crippen molar-refractivity contribution in [1.82, 2.24) is 0 Å². The van der Waals surface area contributed by atoms with Crippen molar-refractivity contribution in [2.24, 2.45) is 11.8 Å². The third kappa shape index (κ3) is 8.79. The first-order chi connectivity index (χ1) is 29.2. The molecule has 4 fully saturated rings. The predicted molar refractivity (Wildman–Crippen MR) is 203 cm³/mol. The molecule has 332 valence electrons. The fourth-order valence-electron chi connectivity index (χ4n) is 8.09. The lowest BCUT2D eigenvalue weighted by atomic mass is 9.85. The molecule has 61 heavy (non-hydrogen) atoms. The number of hydrogen-bond donors (Lipinski definition) is 8. The lowest BCUT2D eigenvalue weighted by Gasteiger charge is -2.44. The second-order valence-corrected chi connectivity index (χ2v) is 15.1. The van der Waals surface area contributed by atoms with Crippen molar-refractivity contribution in [2.45, 2.75) is 92.4 Å². The van der Waals surface area contributed by atoms with Gasteiger partial charge in [-0.15, -0.1) is 0 Å². The molecule has 0 aromatic heterocycles. The van der Waals surface area contributed by atoms with E-state index < -0.39 is 122 Å². The lowest BCUT2D eigenvalue weighted by molar-refractivity contribution is -0.347. The molecule has 5 aliphatic rings. The average molecular weight is 861 g/mol. The number of aromatic hydroxyl groups is 2. The fourth-order valence-corrected chi connectivity index (χ4v) is 8.09. The Bertz CT molecular complexity index is 1990. The molecule has 2 aromatic rings. The minimum absolute atomic E-state index is 0.120. The normalized spacial score (nSPS) is 37.8. The van der Waals surface area contributed by atoms with Crippen LogP contribution in [-0.2, 0) is 47.5 Å². The Morgan fingerprint density at radius 3 is 1.92 bits per heavy atom. The number of hydrogen-bond acceptors (Lipinski definition) is 20. The third-order valence-corrected chi connectivity index (χ3v) is 11.4. The number of ether oxygens (including phenoxy) is 10. The minimum Gasteiger partial charge on any atom is -0.504 e. The molecule has 8 N–H and O–H groups in total. The molecule has 0 unspecified atom stereocenters. The van der Waals surface area contributed by atoms with Gasteiger partial charge in [0.2, 0.25) is 6.29 Å². The standard InChI is InChI=1S/C41H48O20/c1-18-30(48)35(57-27(46)10-6-19-4-8-22(44)24(14-19)52-2)36(58-28(47)11-7-20-5-9-23(45)25(15-20)53-3)40(55-18)59-34-21-12-13-54-38(29(21)41(17-43)37(34)61-41)60-39-33(51)32(50)31(49)26(16-42)56-39/h4-15,18,21,26,29-40,42-45,48-51H,16-17H2,1-3H3/b10-6+,11-7+/t18-,21+,26+,29+,30-,31+,32-,33+,34-,35+,36+,37-,38-,39-,40-,41+/m0/s1. The predicted octanol–water partition coefficient (Wildman–Crippen LogP) is -0.781. The summed E-state index contributed by atoms with van der Waals surface area (Å²) < 4.78 is 57.8. The molecular weight excluding hydrogens is 812 g/mol. The Morgan fingerprint density at radius 1 is 0.738 bits per heavy atom. The first kappa shape index (κ1) is 44.2. The lowest BCUT2D eigenvalue weighted by Crippen LogP contribution is -2.61. The largest absolute Gasteiger partial charge is 0.504 e. The highest BCUT2D eigenvalue weighted by Gasteiger charge is 2.77. The number of fused-ring (bicyclic) bond motifs is 3. The molecule has 0 radical (unpaired) electrons. The number of phenolic OH excluding ortho intramolecular Hbond substituents is 2. The number of rotatable bonds is 14. The number of methoxy groups -OCH3 is 2. The maximum absolute atomic E-state index is 13.5. The van der Waals surface area contributed by atoms with Gasteiger partial charge in [0.25, 0.3) is 0 Å². The molecule has 3 saturated heterocycles. The van der Waals surface area contributed by atoms with Crippen LogP contribution < -0.4 is 9.47 Å². The summed E-state index contributed by atoms with van der Waals surface area (Å²) in [7, 11) is 2.72. The third-order valence-electron chi connectivity index (χ3n) is 11.4. The van der Waals surface area contributed by atoms with Gasteiger partial charge < -0.3 is 88.2 Å². The van der Waals surface area contributed by atoms with Crippen molar-refractivity contribution in [1.29, 1.82) is 0 Å². The number of esters is 2. The summed E-state index contributed by atoms with van der Waals surface area (Å²) in [6, 6.07) is 8.70. The summed E-state index contributed by atoms with van der Waals surface area (Å²) in [5.74, 6) is -3.43. The Labute approximate surface area is 348 Å². The van der Waals surface area contributed by atoms with E-state index in [1.54, 1.807) is 6.08 Å².